The SMILES string of the molecule is C=C(C)CC/C(=N/O)c1ccccc1. The van der Waals surface area contributed by atoms with Gasteiger partial charge in [-0.3, -0.25) is 0 Å². The second-order valence-corrected chi connectivity index (χ2v) is 3.37. The standard InChI is InChI=1S/C12H15NO/c1-10(2)8-9-12(13-14)11-6-4-3-5-7-11/h3-7,14H,1,8-9H2,2H3/b13-12-. The van der Waals surface area contributed by atoms with Gasteiger partial charge in [0.05, 0.1) is 5.71 Å². The number of oxime groups is 1. The Morgan fingerprint density at radius 2 is 1.93 bits per heavy atom. The molecule has 0 fully saturated rings. The summed E-state index contributed by atoms with van der Waals surface area (Å²) >= 11 is 0. The summed E-state index contributed by atoms with van der Waals surface area (Å²) in [5.41, 5.74) is 2.78. The maximum absolute atomic E-state index is 8.85. The van der Waals surface area contributed by atoms with Crippen LogP contribution in [0.5, 0.6) is 0 Å². The lowest BCUT2D eigenvalue weighted by molar-refractivity contribution is 0.318. The monoisotopic (exact) mass is 189 g/mol. The largest absolute Gasteiger partial charge is 0.411 e. The number of hydrogen-bond donors (Lipinski definition) is 1. The Hall–Kier alpha value is -1.57. The van der Waals surface area contributed by atoms with Gasteiger partial charge in [0, 0.05) is 0 Å². The van der Waals surface area contributed by atoms with Crippen LogP contribution >= 0.6 is 0 Å². The summed E-state index contributed by atoms with van der Waals surface area (Å²) in [5.74, 6) is 0. The molecule has 2 nitrogen and oxygen atoms in total. The van der Waals surface area contributed by atoms with Gasteiger partial charge in [0.15, 0.2) is 0 Å². The van der Waals surface area contributed by atoms with Crippen LogP contribution in [0.15, 0.2) is 47.6 Å². The number of hydrogen-bond acceptors (Lipinski definition) is 2. The molecule has 0 aliphatic heterocycles. The molecule has 0 aliphatic carbocycles. The van der Waals surface area contributed by atoms with Crippen LogP contribution in [0.25, 0.3) is 0 Å². The van der Waals surface area contributed by atoms with E-state index in [0.29, 0.717) is 5.71 Å². The molecule has 0 aromatic heterocycles. The summed E-state index contributed by atoms with van der Waals surface area (Å²) in [6.07, 6.45) is 1.59. The van der Waals surface area contributed by atoms with Gasteiger partial charge in [0.1, 0.15) is 0 Å². The van der Waals surface area contributed by atoms with Crippen LogP contribution in [0.2, 0.25) is 0 Å². The molecule has 1 N–H and O–H groups in total. The Balaban J connectivity index is 2.69. The fourth-order valence-corrected chi connectivity index (χ4v) is 1.21. The highest BCUT2D eigenvalue weighted by Crippen LogP contribution is 2.09. The smallest absolute Gasteiger partial charge is 0.0870 e. The number of allylic oxidation sites excluding steroid dienone is 1. The summed E-state index contributed by atoms with van der Waals surface area (Å²) in [7, 11) is 0. The van der Waals surface area contributed by atoms with Gasteiger partial charge in [-0.05, 0) is 25.3 Å². The van der Waals surface area contributed by atoms with Crippen molar-refractivity contribution in [1.29, 1.82) is 0 Å². The average Bonchev–Trinajstić information content (AvgIpc) is 2.20. The van der Waals surface area contributed by atoms with Gasteiger partial charge < -0.3 is 5.21 Å². The molecule has 14 heavy (non-hydrogen) atoms. The minimum absolute atomic E-state index is 0.716. The zero-order chi connectivity index (χ0) is 10.4. The van der Waals surface area contributed by atoms with E-state index < -0.39 is 0 Å². The van der Waals surface area contributed by atoms with E-state index in [-0.39, 0.29) is 0 Å². The Labute approximate surface area is 84.6 Å². The van der Waals surface area contributed by atoms with E-state index in [2.05, 4.69) is 11.7 Å². The Morgan fingerprint density at radius 1 is 1.29 bits per heavy atom. The number of rotatable bonds is 4. The molecule has 1 rings (SSSR count). The molecule has 0 radical (unpaired) electrons. The van der Waals surface area contributed by atoms with Gasteiger partial charge in [-0.25, -0.2) is 0 Å². The van der Waals surface area contributed by atoms with E-state index in [4.69, 9.17) is 5.21 Å². The summed E-state index contributed by atoms with van der Waals surface area (Å²) in [6, 6.07) is 9.68. The topological polar surface area (TPSA) is 32.6 Å². The van der Waals surface area contributed by atoms with Gasteiger partial charge in [-0.2, -0.15) is 0 Å². The summed E-state index contributed by atoms with van der Waals surface area (Å²) in [4.78, 5) is 0. The number of nitrogens with zero attached hydrogens (tertiary/aromatic N) is 1. The van der Waals surface area contributed by atoms with Crippen LogP contribution in [0.4, 0.5) is 0 Å². The number of benzene rings is 1. The van der Waals surface area contributed by atoms with Crippen molar-refractivity contribution in [2.24, 2.45) is 5.16 Å². The third-order valence-corrected chi connectivity index (χ3v) is 2.02. The average molecular weight is 189 g/mol. The van der Waals surface area contributed by atoms with Gasteiger partial charge in [0.25, 0.3) is 0 Å². The maximum Gasteiger partial charge on any atom is 0.0870 e. The minimum atomic E-state index is 0.716. The highest BCUT2D eigenvalue weighted by atomic mass is 16.4. The van der Waals surface area contributed by atoms with Crippen molar-refractivity contribution in [2.45, 2.75) is 19.8 Å². The quantitative estimate of drug-likeness (QED) is 0.335. The van der Waals surface area contributed by atoms with Crippen molar-refractivity contribution in [1.82, 2.24) is 0 Å². The second kappa shape index (κ2) is 5.22. The van der Waals surface area contributed by atoms with E-state index in [9.17, 15) is 0 Å². The van der Waals surface area contributed by atoms with Gasteiger partial charge in [0.2, 0.25) is 0 Å². The lowest BCUT2D eigenvalue weighted by Gasteiger charge is -2.03. The molecule has 0 amide bonds. The van der Waals surface area contributed by atoms with Crippen molar-refractivity contribution < 1.29 is 5.21 Å². The minimum Gasteiger partial charge on any atom is -0.411 e. The fourth-order valence-electron chi connectivity index (χ4n) is 1.21. The summed E-state index contributed by atoms with van der Waals surface area (Å²) < 4.78 is 0. The molecule has 0 unspecified atom stereocenters. The van der Waals surface area contributed by atoms with Crippen LogP contribution < -0.4 is 0 Å². The van der Waals surface area contributed by atoms with Gasteiger partial charge >= 0.3 is 0 Å². The summed E-state index contributed by atoms with van der Waals surface area (Å²) in [6.45, 7) is 5.79. The van der Waals surface area contributed by atoms with Crippen molar-refractivity contribution >= 4 is 5.71 Å². The first kappa shape index (κ1) is 10.5. The van der Waals surface area contributed by atoms with Crippen LogP contribution in [0, 0.1) is 0 Å². The lowest BCUT2D eigenvalue weighted by atomic mass is 10.0. The van der Waals surface area contributed by atoms with Crippen molar-refractivity contribution in [3.05, 3.63) is 48.0 Å². The molecule has 0 atom stereocenters. The predicted molar refractivity (Wildman–Crippen MR) is 58.8 cm³/mol. The third kappa shape index (κ3) is 3.05. The highest BCUT2D eigenvalue weighted by molar-refractivity contribution is 6.00. The zero-order valence-corrected chi connectivity index (χ0v) is 8.40. The first-order chi connectivity index (χ1) is 6.74. The normalized spacial score (nSPS) is 11.4. The Bertz CT molecular complexity index is 327. The van der Waals surface area contributed by atoms with Crippen LogP contribution in [0.3, 0.4) is 0 Å². The molecule has 1 aromatic carbocycles. The summed E-state index contributed by atoms with van der Waals surface area (Å²) in [5, 5.41) is 12.2. The molecule has 1 aromatic rings. The molecule has 0 heterocycles. The molecule has 0 aliphatic rings. The maximum atomic E-state index is 8.85. The molecular weight excluding hydrogens is 174 g/mol. The molecule has 0 bridgehead atoms. The van der Waals surface area contributed by atoms with Crippen LogP contribution in [-0.2, 0) is 0 Å². The van der Waals surface area contributed by atoms with Gasteiger partial charge in [-0.1, -0.05) is 41.1 Å². The molecule has 0 spiro atoms. The van der Waals surface area contributed by atoms with Gasteiger partial charge in [-0.15, -0.1) is 6.58 Å². The first-order valence-corrected chi connectivity index (χ1v) is 4.64. The van der Waals surface area contributed by atoms with Crippen molar-refractivity contribution in [3.63, 3.8) is 0 Å². The lowest BCUT2D eigenvalue weighted by Crippen LogP contribution is -2.00. The zero-order valence-electron chi connectivity index (χ0n) is 8.40. The molecular formula is C12H15NO. The predicted octanol–water partition coefficient (Wildman–Crippen LogP) is 3.22. The van der Waals surface area contributed by atoms with E-state index in [1.54, 1.807) is 0 Å². The third-order valence-electron chi connectivity index (χ3n) is 2.02. The van der Waals surface area contributed by atoms with Crippen LogP contribution in [-0.4, -0.2) is 10.9 Å². The first-order valence-electron chi connectivity index (χ1n) is 4.64. The van der Waals surface area contributed by atoms with E-state index in [0.717, 1.165) is 24.0 Å². The van der Waals surface area contributed by atoms with E-state index >= 15 is 0 Å². The molecule has 0 saturated carbocycles. The van der Waals surface area contributed by atoms with Crippen molar-refractivity contribution in [2.75, 3.05) is 0 Å². The highest BCUT2D eigenvalue weighted by Gasteiger charge is 2.02. The Kier molecular flexibility index (Phi) is 3.92. The molecule has 2 heteroatoms. The second-order valence-electron chi connectivity index (χ2n) is 3.37. The van der Waals surface area contributed by atoms with E-state index in [1.807, 2.05) is 37.3 Å². The van der Waals surface area contributed by atoms with E-state index in [1.165, 1.54) is 0 Å². The van der Waals surface area contributed by atoms with Crippen LogP contribution in [0.1, 0.15) is 25.3 Å². The molecule has 74 valence electrons. The molecule has 0 saturated heterocycles. The fraction of sp³-hybridized carbons (Fsp3) is 0.250. The van der Waals surface area contributed by atoms with Crippen molar-refractivity contribution in [3.8, 4) is 0 Å². The Morgan fingerprint density at radius 3 is 2.43 bits per heavy atom.